The molecule has 2 aliphatic heterocycles. The van der Waals surface area contributed by atoms with Crippen molar-refractivity contribution < 1.29 is 4.79 Å². The lowest BCUT2D eigenvalue weighted by molar-refractivity contribution is -0.126. The molecule has 3 N–H and O–H groups in total. The second-order valence-corrected chi connectivity index (χ2v) is 6.56. The topological polar surface area (TPSA) is 58.4 Å². The largest absolute Gasteiger partial charge is 0.355 e. The number of thioether (sulfide) groups is 1. The Balaban J connectivity index is 1.74. The molecule has 0 bridgehead atoms. The Morgan fingerprint density at radius 3 is 3.06 bits per heavy atom. The number of rotatable bonds is 5. The Hall–Kier alpha value is -0.260. The molecule has 0 saturated carbocycles. The van der Waals surface area contributed by atoms with E-state index in [0.29, 0.717) is 13.1 Å². The van der Waals surface area contributed by atoms with Gasteiger partial charge in [-0.25, -0.2) is 0 Å². The van der Waals surface area contributed by atoms with Crippen LogP contribution in [0.1, 0.15) is 19.3 Å². The van der Waals surface area contributed by atoms with Crippen molar-refractivity contribution in [3.05, 3.63) is 0 Å². The number of hydrogen-bond donors (Lipinski definition) is 2. The molecule has 2 saturated heterocycles. The minimum absolute atomic E-state index is 0.180. The number of nitrogens with two attached hydrogens (primary N) is 1. The first kappa shape index (κ1) is 14.2. The minimum atomic E-state index is 0.180. The van der Waals surface area contributed by atoms with Gasteiger partial charge in [0.25, 0.3) is 0 Å². The third kappa shape index (κ3) is 4.14. The first-order valence-electron chi connectivity index (χ1n) is 7.07. The van der Waals surface area contributed by atoms with Crippen LogP contribution in [0.3, 0.4) is 0 Å². The Labute approximate surface area is 114 Å². The van der Waals surface area contributed by atoms with Crippen LogP contribution in [0.2, 0.25) is 0 Å². The van der Waals surface area contributed by atoms with Crippen LogP contribution in [-0.2, 0) is 4.79 Å². The first-order chi connectivity index (χ1) is 8.79. The maximum Gasteiger partial charge on any atom is 0.224 e. The third-order valence-electron chi connectivity index (χ3n) is 3.86. The summed E-state index contributed by atoms with van der Waals surface area (Å²) in [4.78, 5) is 14.4. The van der Waals surface area contributed by atoms with Crippen molar-refractivity contribution >= 4 is 17.7 Å². The van der Waals surface area contributed by atoms with Crippen LogP contribution < -0.4 is 11.1 Å². The monoisotopic (exact) mass is 271 g/mol. The fraction of sp³-hybridized carbons (Fsp3) is 0.923. The molecule has 18 heavy (non-hydrogen) atoms. The normalized spacial score (nSPS) is 29.4. The van der Waals surface area contributed by atoms with Gasteiger partial charge in [-0.1, -0.05) is 0 Å². The highest BCUT2D eigenvalue weighted by atomic mass is 32.2. The van der Waals surface area contributed by atoms with Crippen molar-refractivity contribution in [3.63, 3.8) is 0 Å². The van der Waals surface area contributed by atoms with Crippen LogP contribution in [0.25, 0.3) is 0 Å². The fourth-order valence-electron chi connectivity index (χ4n) is 2.87. The molecule has 2 heterocycles. The van der Waals surface area contributed by atoms with Gasteiger partial charge in [0.05, 0.1) is 5.92 Å². The molecule has 0 aromatic carbocycles. The van der Waals surface area contributed by atoms with Crippen molar-refractivity contribution in [2.75, 3.05) is 44.2 Å². The summed E-state index contributed by atoms with van der Waals surface area (Å²) in [6, 6.07) is 0. The third-order valence-corrected chi connectivity index (χ3v) is 5.09. The second kappa shape index (κ2) is 7.36. The molecule has 2 atom stereocenters. The summed E-state index contributed by atoms with van der Waals surface area (Å²) >= 11 is 2.07. The van der Waals surface area contributed by atoms with Crippen molar-refractivity contribution in [2.24, 2.45) is 17.6 Å². The zero-order valence-electron chi connectivity index (χ0n) is 11.1. The van der Waals surface area contributed by atoms with Crippen LogP contribution >= 0.6 is 11.8 Å². The van der Waals surface area contributed by atoms with Crippen LogP contribution in [0, 0.1) is 11.8 Å². The summed E-state index contributed by atoms with van der Waals surface area (Å²) in [6.07, 6.45) is 3.54. The van der Waals surface area contributed by atoms with Gasteiger partial charge in [0, 0.05) is 26.2 Å². The average molecular weight is 271 g/mol. The van der Waals surface area contributed by atoms with Crippen molar-refractivity contribution in [1.29, 1.82) is 0 Å². The van der Waals surface area contributed by atoms with E-state index in [2.05, 4.69) is 22.0 Å². The molecule has 0 spiro atoms. The van der Waals surface area contributed by atoms with Crippen molar-refractivity contribution in [3.8, 4) is 0 Å². The van der Waals surface area contributed by atoms with Gasteiger partial charge < -0.3 is 16.0 Å². The number of nitrogens with zero attached hydrogens (tertiary/aromatic N) is 1. The maximum absolute atomic E-state index is 11.9. The Bertz CT molecular complexity index is 269. The molecule has 0 aliphatic carbocycles. The molecule has 2 fully saturated rings. The fourth-order valence-corrected chi connectivity index (χ4v) is 4.14. The number of carbonyl (C=O) groups excluding carboxylic acids is 1. The van der Waals surface area contributed by atoms with Crippen LogP contribution in [0.15, 0.2) is 0 Å². The molecule has 4 nitrogen and oxygen atoms in total. The SMILES string of the molecule is NCCNC(=O)C1CCCN(CC2CCSC2)C1. The zero-order chi connectivity index (χ0) is 12.8. The first-order valence-corrected chi connectivity index (χ1v) is 8.23. The molecule has 0 aromatic rings. The Kier molecular flexibility index (Phi) is 5.79. The predicted molar refractivity (Wildman–Crippen MR) is 76.7 cm³/mol. The number of amides is 1. The van der Waals surface area contributed by atoms with Gasteiger partial charge in [-0.3, -0.25) is 4.79 Å². The van der Waals surface area contributed by atoms with Gasteiger partial charge in [-0.15, -0.1) is 0 Å². The summed E-state index contributed by atoms with van der Waals surface area (Å²) in [6.45, 7) is 4.43. The van der Waals surface area contributed by atoms with Gasteiger partial charge in [-0.2, -0.15) is 11.8 Å². The van der Waals surface area contributed by atoms with Crippen LogP contribution in [-0.4, -0.2) is 55.0 Å². The van der Waals surface area contributed by atoms with Gasteiger partial charge in [0.1, 0.15) is 0 Å². The van der Waals surface area contributed by atoms with E-state index in [1.54, 1.807) is 0 Å². The van der Waals surface area contributed by atoms with E-state index in [-0.39, 0.29) is 11.8 Å². The van der Waals surface area contributed by atoms with E-state index in [1.165, 1.54) is 31.0 Å². The minimum Gasteiger partial charge on any atom is -0.355 e. The highest BCUT2D eigenvalue weighted by Crippen LogP contribution is 2.26. The van der Waals surface area contributed by atoms with E-state index in [1.807, 2.05) is 0 Å². The molecule has 104 valence electrons. The number of nitrogens with one attached hydrogen (secondary N) is 1. The number of piperidine rings is 1. The summed E-state index contributed by atoms with van der Waals surface area (Å²) in [5.41, 5.74) is 5.42. The lowest BCUT2D eigenvalue weighted by Gasteiger charge is -2.33. The number of carbonyl (C=O) groups is 1. The van der Waals surface area contributed by atoms with Gasteiger partial charge in [0.15, 0.2) is 0 Å². The molecular formula is C13H25N3OS. The van der Waals surface area contributed by atoms with Crippen molar-refractivity contribution in [1.82, 2.24) is 10.2 Å². The smallest absolute Gasteiger partial charge is 0.224 e. The molecule has 0 radical (unpaired) electrons. The average Bonchev–Trinajstić information content (AvgIpc) is 2.89. The summed E-state index contributed by atoms with van der Waals surface area (Å²) in [7, 11) is 0. The van der Waals surface area contributed by atoms with E-state index in [9.17, 15) is 4.79 Å². The number of hydrogen-bond acceptors (Lipinski definition) is 4. The van der Waals surface area contributed by atoms with E-state index >= 15 is 0 Å². The van der Waals surface area contributed by atoms with E-state index < -0.39 is 0 Å². The Morgan fingerprint density at radius 2 is 2.33 bits per heavy atom. The van der Waals surface area contributed by atoms with Crippen LogP contribution in [0.4, 0.5) is 0 Å². The van der Waals surface area contributed by atoms with Crippen molar-refractivity contribution in [2.45, 2.75) is 19.3 Å². The lowest BCUT2D eigenvalue weighted by atomic mass is 9.96. The standard InChI is InChI=1S/C13H25N3OS/c14-4-5-15-13(17)12-2-1-6-16(9-12)8-11-3-7-18-10-11/h11-12H,1-10,14H2,(H,15,17). The predicted octanol–water partition coefficient (Wildman–Crippen LogP) is 0.526. The molecule has 1 amide bonds. The molecule has 2 aliphatic rings. The maximum atomic E-state index is 11.9. The molecular weight excluding hydrogens is 246 g/mol. The molecule has 2 rings (SSSR count). The Morgan fingerprint density at radius 1 is 1.44 bits per heavy atom. The highest BCUT2D eigenvalue weighted by molar-refractivity contribution is 7.99. The summed E-state index contributed by atoms with van der Waals surface area (Å²) in [5, 5.41) is 2.92. The quantitative estimate of drug-likeness (QED) is 0.766. The summed E-state index contributed by atoms with van der Waals surface area (Å²) < 4.78 is 0. The molecule has 2 unspecified atom stereocenters. The molecule has 0 aromatic heterocycles. The lowest BCUT2D eigenvalue weighted by Crippen LogP contribution is -2.45. The van der Waals surface area contributed by atoms with Gasteiger partial charge in [-0.05, 0) is 43.2 Å². The highest BCUT2D eigenvalue weighted by Gasteiger charge is 2.27. The zero-order valence-corrected chi connectivity index (χ0v) is 11.9. The van der Waals surface area contributed by atoms with Gasteiger partial charge >= 0.3 is 0 Å². The molecule has 5 heteroatoms. The van der Waals surface area contributed by atoms with Gasteiger partial charge in [0.2, 0.25) is 5.91 Å². The summed E-state index contributed by atoms with van der Waals surface area (Å²) in [5.74, 6) is 3.85. The van der Waals surface area contributed by atoms with E-state index in [0.717, 1.165) is 25.3 Å². The number of likely N-dealkylation sites (tertiary alicyclic amines) is 1. The second-order valence-electron chi connectivity index (χ2n) is 5.41. The van der Waals surface area contributed by atoms with E-state index in [4.69, 9.17) is 5.73 Å². The van der Waals surface area contributed by atoms with Crippen LogP contribution in [0.5, 0.6) is 0 Å².